The number of aromatic nitrogens is 2. The van der Waals surface area contributed by atoms with Gasteiger partial charge in [0.25, 0.3) is 0 Å². The highest BCUT2D eigenvalue weighted by Gasteiger charge is 2.27. The molecule has 1 fully saturated rings. The summed E-state index contributed by atoms with van der Waals surface area (Å²) in [4.78, 5) is 18.4. The Bertz CT molecular complexity index is 577. The van der Waals surface area contributed by atoms with Crippen LogP contribution in [0.4, 0.5) is 0 Å². The molecular weight excluding hydrogens is 419 g/mol. The molecule has 0 aliphatic carbocycles. The smallest absolute Gasteiger partial charge is 0.239 e. The van der Waals surface area contributed by atoms with Gasteiger partial charge in [-0.15, -0.1) is 24.0 Å². The highest BCUT2D eigenvalue weighted by atomic mass is 127. The lowest BCUT2D eigenvalue weighted by molar-refractivity contribution is -0.121. The molecule has 1 aliphatic rings. The van der Waals surface area contributed by atoms with Gasteiger partial charge < -0.3 is 15.5 Å². The van der Waals surface area contributed by atoms with Gasteiger partial charge in [0.2, 0.25) is 5.91 Å². The first kappa shape index (κ1) is 20.7. The molecule has 0 aromatic carbocycles. The molecule has 136 valence electrons. The molecule has 1 atom stereocenters. The molecule has 1 aliphatic heterocycles. The standard InChI is InChI=1S/C16H28N6O.HI/c1-16(2,3)20-14(23)9-18-15(17-4)22-7-6-12(11-22)13-8-19-21(5)10-13;/h8,10,12H,6-7,9,11H2,1-5H3,(H,17,18)(H,20,23);1H. The summed E-state index contributed by atoms with van der Waals surface area (Å²) in [5.74, 6) is 1.22. The monoisotopic (exact) mass is 448 g/mol. The SMILES string of the molecule is CN=C(NCC(=O)NC(C)(C)C)N1CCC(c2cnn(C)c2)C1.I. The van der Waals surface area contributed by atoms with Gasteiger partial charge in [-0.2, -0.15) is 5.10 Å². The summed E-state index contributed by atoms with van der Waals surface area (Å²) in [7, 11) is 3.69. The lowest BCUT2D eigenvalue weighted by Crippen LogP contribution is -2.48. The van der Waals surface area contributed by atoms with E-state index in [1.54, 1.807) is 7.05 Å². The molecule has 7 nitrogen and oxygen atoms in total. The first-order valence-electron chi connectivity index (χ1n) is 8.03. The maximum Gasteiger partial charge on any atom is 0.239 e. The highest BCUT2D eigenvalue weighted by Crippen LogP contribution is 2.26. The summed E-state index contributed by atoms with van der Waals surface area (Å²) in [6.07, 6.45) is 5.07. The molecule has 1 unspecified atom stereocenters. The lowest BCUT2D eigenvalue weighted by Gasteiger charge is -2.24. The summed E-state index contributed by atoms with van der Waals surface area (Å²) < 4.78 is 1.84. The molecule has 1 saturated heterocycles. The van der Waals surface area contributed by atoms with Gasteiger partial charge in [-0.25, -0.2) is 0 Å². The van der Waals surface area contributed by atoms with E-state index in [1.165, 1.54) is 5.56 Å². The number of halogens is 1. The minimum atomic E-state index is -0.221. The fourth-order valence-corrected chi connectivity index (χ4v) is 2.83. The molecule has 1 aromatic rings. The van der Waals surface area contributed by atoms with Crippen LogP contribution >= 0.6 is 24.0 Å². The van der Waals surface area contributed by atoms with E-state index < -0.39 is 0 Å². The average Bonchev–Trinajstić information content (AvgIpc) is 3.06. The number of nitrogens with one attached hydrogen (secondary N) is 2. The predicted molar refractivity (Wildman–Crippen MR) is 107 cm³/mol. The highest BCUT2D eigenvalue weighted by molar-refractivity contribution is 14.0. The minimum Gasteiger partial charge on any atom is -0.350 e. The number of nitrogens with zero attached hydrogens (tertiary/aromatic N) is 4. The van der Waals surface area contributed by atoms with Gasteiger partial charge in [0, 0.05) is 44.8 Å². The van der Waals surface area contributed by atoms with Crippen molar-refractivity contribution in [3.8, 4) is 0 Å². The van der Waals surface area contributed by atoms with Gasteiger partial charge in [-0.1, -0.05) is 0 Å². The first-order valence-corrected chi connectivity index (χ1v) is 8.03. The van der Waals surface area contributed by atoms with E-state index >= 15 is 0 Å². The molecule has 1 aromatic heterocycles. The Morgan fingerprint density at radius 1 is 1.46 bits per heavy atom. The minimum absolute atomic E-state index is 0. The van der Waals surface area contributed by atoms with E-state index in [0.29, 0.717) is 5.92 Å². The summed E-state index contributed by atoms with van der Waals surface area (Å²) in [5, 5.41) is 10.3. The molecule has 0 radical (unpaired) electrons. The van der Waals surface area contributed by atoms with Gasteiger partial charge in [-0.3, -0.25) is 14.5 Å². The molecule has 24 heavy (non-hydrogen) atoms. The van der Waals surface area contributed by atoms with Crippen molar-refractivity contribution in [2.24, 2.45) is 12.0 Å². The summed E-state index contributed by atoms with van der Waals surface area (Å²) >= 11 is 0. The Hall–Kier alpha value is -1.32. The zero-order valence-electron chi connectivity index (χ0n) is 15.2. The zero-order chi connectivity index (χ0) is 17.0. The fourth-order valence-electron chi connectivity index (χ4n) is 2.83. The van der Waals surface area contributed by atoms with E-state index in [-0.39, 0.29) is 42.0 Å². The van der Waals surface area contributed by atoms with Crippen molar-refractivity contribution in [2.45, 2.75) is 38.6 Å². The molecule has 0 spiro atoms. The fraction of sp³-hybridized carbons (Fsp3) is 0.688. The van der Waals surface area contributed by atoms with Crippen molar-refractivity contribution in [1.29, 1.82) is 0 Å². The van der Waals surface area contributed by atoms with Crippen LogP contribution in [-0.4, -0.2) is 58.8 Å². The van der Waals surface area contributed by atoms with Gasteiger partial charge in [0.1, 0.15) is 0 Å². The molecule has 8 heteroatoms. The van der Waals surface area contributed by atoms with Gasteiger partial charge in [0.15, 0.2) is 5.96 Å². The maximum absolute atomic E-state index is 11.9. The van der Waals surface area contributed by atoms with Crippen molar-refractivity contribution < 1.29 is 4.79 Å². The van der Waals surface area contributed by atoms with E-state index in [4.69, 9.17) is 0 Å². The number of carbonyl (C=O) groups excluding carboxylic acids is 1. The van der Waals surface area contributed by atoms with Crippen molar-refractivity contribution in [3.05, 3.63) is 18.0 Å². The average molecular weight is 448 g/mol. The number of rotatable bonds is 3. The third-order valence-corrected chi connectivity index (χ3v) is 3.82. The summed E-state index contributed by atoms with van der Waals surface area (Å²) in [6.45, 7) is 7.97. The second kappa shape index (κ2) is 8.68. The van der Waals surface area contributed by atoms with Crippen LogP contribution in [0.3, 0.4) is 0 Å². The lowest BCUT2D eigenvalue weighted by atomic mass is 10.0. The van der Waals surface area contributed by atoms with Crippen LogP contribution in [0.2, 0.25) is 0 Å². The number of hydrogen-bond donors (Lipinski definition) is 2. The normalized spacial score (nSPS) is 18.3. The van der Waals surface area contributed by atoms with Crippen molar-refractivity contribution in [2.75, 3.05) is 26.7 Å². The third kappa shape index (κ3) is 5.95. The molecular formula is C16H29IN6O. The Balaban J connectivity index is 0.00000288. The second-order valence-corrected chi connectivity index (χ2v) is 7.08. The molecule has 2 rings (SSSR count). The van der Waals surface area contributed by atoms with Gasteiger partial charge >= 0.3 is 0 Å². The van der Waals surface area contributed by atoms with E-state index in [0.717, 1.165) is 25.5 Å². The Labute approximate surface area is 161 Å². The Morgan fingerprint density at radius 3 is 2.71 bits per heavy atom. The number of likely N-dealkylation sites (tertiary alicyclic amines) is 1. The Morgan fingerprint density at radius 2 is 2.17 bits per heavy atom. The molecule has 2 N–H and O–H groups in total. The van der Waals surface area contributed by atoms with Crippen LogP contribution in [0.5, 0.6) is 0 Å². The maximum atomic E-state index is 11.9. The van der Waals surface area contributed by atoms with Crippen LogP contribution in [0, 0.1) is 0 Å². The van der Waals surface area contributed by atoms with Crippen LogP contribution < -0.4 is 10.6 Å². The van der Waals surface area contributed by atoms with E-state index in [1.807, 2.05) is 38.7 Å². The predicted octanol–water partition coefficient (Wildman–Crippen LogP) is 1.32. The third-order valence-electron chi connectivity index (χ3n) is 3.82. The van der Waals surface area contributed by atoms with E-state index in [9.17, 15) is 4.79 Å². The number of carbonyl (C=O) groups is 1. The van der Waals surface area contributed by atoms with Crippen molar-refractivity contribution in [1.82, 2.24) is 25.3 Å². The number of aryl methyl sites for hydroxylation is 1. The number of aliphatic imine (C=N–C) groups is 1. The van der Waals surface area contributed by atoms with Gasteiger partial charge in [-0.05, 0) is 32.8 Å². The molecule has 0 saturated carbocycles. The Kier molecular flexibility index (Phi) is 7.50. The molecule has 1 amide bonds. The number of guanidine groups is 1. The van der Waals surface area contributed by atoms with Crippen molar-refractivity contribution >= 4 is 35.8 Å². The van der Waals surface area contributed by atoms with Crippen molar-refractivity contribution in [3.63, 3.8) is 0 Å². The summed E-state index contributed by atoms with van der Waals surface area (Å²) in [5.41, 5.74) is 1.04. The van der Waals surface area contributed by atoms with Gasteiger partial charge in [0.05, 0.1) is 12.7 Å². The largest absolute Gasteiger partial charge is 0.350 e. The first-order chi connectivity index (χ1) is 10.8. The zero-order valence-corrected chi connectivity index (χ0v) is 17.5. The quantitative estimate of drug-likeness (QED) is 0.416. The van der Waals surface area contributed by atoms with E-state index in [2.05, 4.69) is 31.8 Å². The topological polar surface area (TPSA) is 74.6 Å². The second-order valence-electron chi connectivity index (χ2n) is 7.08. The summed E-state index contributed by atoms with van der Waals surface area (Å²) in [6, 6.07) is 0. The number of amides is 1. The number of hydrogen-bond acceptors (Lipinski definition) is 3. The molecule has 0 bridgehead atoms. The van der Waals surface area contributed by atoms with Crippen LogP contribution in [0.15, 0.2) is 17.4 Å². The van der Waals surface area contributed by atoms with Crippen LogP contribution in [0.1, 0.15) is 38.7 Å². The molecule has 2 heterocycles. The van der Waals surface area contributed by atoms with Crippen LogP contribution in [-0.2, 0) is 11.8 Å². The van der Waals surface area contributed by atoms with Crippen LogP contribution in [0.25, 0.3) is 0 Å².